The van der Waals surface area contributed by atoms with Gasteiger partial charge in [-0.3, -0.25) is 4.79 Å². The number of amides is 1. The summed E-state index contributed by atoms with van der Waals surface area (Å²) in [5, 5.41) is 12.0. The zero-order valence-corrected chi connectivity index (χ0v) is 16.7. The molecule has 2 aromatic carbocycles. The molecular weight excluding hydrogens is 398 g/mol. The number of anilines is 1. The lowest BCUT2D eigenvalue weighted by Gasteiger charge is -2.31. The van der Waals surface area contributed by atoms with Gasteiger partial charge in [-0.1, -0.05) is 23.7 Å². The van der Waals surface area contributed by atoms with E-state index in [0.29, 0.717) is 36.5 Å². The Labute approximate surface area is 169 Å². The first-order valence-corrected chi connectivity index (χ1v) is 10.7. The van der Waals surface area contributed by atoms with Gasteiger partial charge in [0.2, 0.25) is 15.9 Å². The first-order valence-electron chi connectivity index (χ1n) is 8.92. The molecule has 0 spiro atoms. The summed E-state index contributed by atoms with van der Waals surface area (Å²) in [6.45, 7) is 0.529. The Morgan fingerprint density at radius 1 is 1.18 bits per heavy atom. The molecule has 146 valence electrons. The molecule has 2 aromatic rings. The molecule has 0 bridgehead atoms. The fourth-order valence-corrected chi connectivity index (χ4v) is 4.82. The highest BCUT2D eigenvalue weighted by molar-refractivity contribution is 7.89. The molecular formula is C20H20ClN3O3S. The molecule has 1 unspecified atom stereocenters. The average Bonchev–Trinajstić information content (AvgIpc) is 2.70. The van der Waals surface area contributed by atoms with Crippen LogP contribution in [-0.2, 0) is 21.2 Å². The first-order chi connectivity index (χ1) is 13.4. The normalized spacial score (nSPS) is 17.6. The van der Waals surface area contributed by atoms with Gasteiger partial charge in [0.1, 0.15) is 0 Å². The molecule has 0 aliphatic carbocycles. The van der Waals surface area contributed by atoms with Gasteiger partial charge in [0.15, 0.2) is 0 Å². The van der Waals surface area contributed by atoms with Crippen molar-refractivity contribution in [1.29, 1.82) is 5.26 Å². The summed E-state index contributed by atoms with van der Waals surface area (Å²) in [5.41, 5.74) is 1.50. The minimum absolute atomic E-state index is 0.142. The van der Waals surface area contributed by atoms with Gasteiger partial charge >= 0.3 is 0 Å². The molecule has 28 heavy (non-hydrogen) atoms. The summed E-state index contributed by atoms with van der Waals surface area (Å²) in [5.74, 6) is -0.626. The van der Waals surface area contributed by atoms with Crippen molar-refractivity contribution in [3.05, 3.63) is 59.1 Å². The molecule has 1 N–H and O–H groups in total. The van der Waals surface area contributed by atoms with Crippen molar-refractivity contribution in [1.82, 2.24) is 4.31 Å². The molecule has 3 rings (SSSR count). The minimum atomic E-state index is -3.67. The Kier molecular flexibility index (Phi) is 6.35. The summed E-state index contributed by atoms with van der Waals surface area (Å²) in [6.07, 6.45) is 1.56. The number of hydrogen-bond acceptors (Lipinski definition) is 4. The van der Waals surface area contributed by atoms with E-state index in [9.17, 15) is 13.2 Å². The van der Waals surface area contributed by atoms with E-state index in [1.807, 2.05) is 0 Å². The molecule has 0 radical (unpaired) electrons. The molecule has 0 saturated carbocycles. The number of halogens is 1. The number of carbonyl (C=O) groups excluding carboxylic acids is 1. The number of piperidine rings is 1. The number of benzene rings is 2. The fraction of sp³-hybridized carbons (Fsp3) is 0.300. The van der Waals surface area contributed by atoms with Crippen molar-refractivity contribution in [3.8, 4) is 6.07 Å². The van der Waals surface area contributed by atoms with Crippen LogP contribution >= 0.6 is 11.6 Å². The summed E-state index contributed by atoms with van der Waals surface area (Å²) in [4.78, 5) is 12.8. The first kappa shape index (κ1) is 20.3. The number of nitrogens with zero attached hydrogens (tertiary/aromatic N) is 2. The summed E-state index contributed by atoms with van der Waals surface area (Å²) in [7, 11) is -3.67. The van der Waals surface area contributed by atoms with Crippen molar-refractivity contribution in [2.75, 3.05) is 18.4 Å². The van der Waals surface area contributed by atoms with Gasteiger partial charge in [-0.2, -0.15) is 9.57 Å². The topological polar surface area (TPSA) is 90.3 Å². The molecule has 1 saturated heterocycles. The average molecular weight is 418 g/mol. The molecule has 1 atom stereocenters. The van der Waals surface area contributed by atoms with E-state index in [2.05, 4.69) is 11.4 Å². The van der Waals surface area contributed by atoms with E-state index in [0.717, 1.165) is 5.56 Å². The van der Waals surface area contributed by atoms with Crippen LogP contribution in [0, 0.1) is 17.2 Å². The molecule has 1 heterocycles. The van der Waals surface area contributed by atoms with Crippen molar-refractivity contribution in [2.45, 2.75) is 24.2 Å². The van der Waals surface area contributed by atoms with Gasteiger partial charge in [-0.15, -0.1) is 0 Å². The number of carbonyl (C=O) groups is 1. The van der Waals surface area contributed by atoms with Gasteiger partial charge in [0.05, 0.1) is 23.3 Å². The predicted octanol–water partition coefficient (Wildman–Crippen LogP) is 3.45. The standard InChI is InChI=1S/C20H20ClN3O3S/c21-17-5-9-19(10-6-17)28(26,27)24-13-1-2-16(14-24)20(25)23-18-7-3-15(4-8-18)11-12-22/h3-10,16H,1-2,11,13-14H2,(H,23,25). The molecule has 0 aromatic heterocycles. The van der Waals surface area contributed by atoms with Crippen molar-refractivity contribution in [3.63, 3.8) is 0 Å². The lowest BCUT2D eigenvalue weighted by Crippen LogP contribution is -2.43. The summed E-state index contributed by atoms with van der Waals surface area (Å²) >= 11 is 5.84. The highest BCUT2D eigenvalue weighted by atomic mass is 35.5. The number of hydrogen-bond donors (Lipinski definition) is 1. The van der Waals surface area contributed by atoms with Gasteiger partial charge in [0.25, 0.3) is 0 Å². The maximum Gasteiger partial charge on any atom is 0.243 e. The molecule has 8 heteroatoms. The molecule has 1 fully saturated rings. The Morgan fingerprint density at radius 2 is 1.86 bits per heavy atom. The van der Waals surface area contributed by atoms with Crippen molar-refractivity contribution < 1.29 is 13.2 Å². The second kappa shape index (κ2) is 8.74. The lowest BCUT2D eigenvalue weighted by atomic mass is 9.98. The van der Waals surface area contributed by atoms with Crippen LogP contribution in [0.4, 0.5) is 5.69 Å². The Morgan fingerprint density at radius 3 is 2.50 bits per heavy atom. The number of sulfonamides is 1. The third-order valence-electron chi connectivity index (χ3n) is 4.71. The maximum atomic E-state index is 12.8. The van der Waals surface area contributed by atoms with Crippen LogP contribution in [0.3, 0.4) is 0 Å². The van der Waals surface area contributed by atoms with Crippen LogP contribution in [0.15, 0.2) is 53.4 Å². The van der Waals surface area contributed by atoms with Crippen LogP contribution in [0.5, 0.6) is 0 Å². The third-order valence-corrected chi connectivity index (χ3v) is 6.84. The number of rotatable bonds is 5. The minimum Gasteiger partial charge on any atom is -0.326 e. The highest BCUT2D eigenvalue weighted by Crippen LogP contribution is 2.25. The summed E-state index contributed by atoms with van der Waals surface area (Å²) < 4.78 is 27.1. The smallest absolute Gasteiger partial charge is 0.243 e. The quantitative estimate of drug-likeness (QED) is 0.806. The Balaban J connectivity index is 1.67. The van der Waals surface area contributed by atoms with Gasteiger partial charge < -0.3 is 5.32 Å². The highest BCUT2D eigenvalue weighted by Gasteiger charge is 2.33. The fourth-order valence-electron chi connectivity index (χ4n) is 3.17. The van der Waals surface area contributed by atoms with E-state index >= 15 is 0 Å². The monoisotopic (exact) mass is 417 g/mol. The van der Waals surface area contributed by atoms with Crippen LogP contribution < -0.4 is 5.32 Å². The Bertz CT molecular complexity index is 983. The second-order valence-corrected chi connectivity index (χ2v) is 9.05. The maximum absolute atomic E-state index is 12.8. The van der Waals surface area contributed by atoms with Crippen LogP contribution in [0.1, 0.15) is 18.4 Å². The molecule has 1 aliphatic rings. The molecule has 1 amide bonds. The summed E-state index contributed by atoms with van der Waals surface area (Å²) in [6, 6.07) is 15.2. The van der Waals surface area contributed by atoms with E-state index in [-0.39, 0.29) is 17.3 Å². The van der Waals surface area contributed by atoms with Crippen LogP contribution in [-0.4, -0.2) is 31.7 Å². The largest absolute Gasteiger partial charge is 0.326 e. The van der Waals surface area contributed by atoms with Gasteiger partial charge in [-0.25, -0.2) is 8.42 Å². The second-order valence-electron chi connectivity index (χ2n) is 6.68. The lowest BCUT2D eigenvalue weighted by molar-refractivity contribution is -0.120. The van der Waals surface area contributed by atoms with Crippen molar-refractivity contribution >= 4 is 33.2 Å². The van der Waals surface area contributed by atoms with Gasteiger partial charge in [-0.05, 0) is 54.8 Å². The van der Waals surface area contributed by atoms with Crippen LogP contribution in [0.25, 0.3) is 0 Å². The van der Waals surface area contributed by atoms with Crippen LogP contribution in [0.2, 0.25) is 5.02 Å². The van der Waals surface area contributed by atoms with E-state index in [1.165, 1.54) is 16.4 Å². The zero-order valence-electron chi connectivity index (χ0n) is 15.1. The van der Waals surface area contributed by atoms with E-state index in [4.69, 9.17) is 16.9 Å². The molecule has 1 aliphatic heterocycles. The zero-order chi connectivity index (χ0) is 20.1. The Hall–Kier alpha value is -2.40. The van der Waals surface area contributed by atoms with Crippen molar-refractivity contribution in [2.24, 2.45) is 5.92 Å². The number of nitriles is 1. The van der Waals surface area contributed by atoms with E-state index in [1.54, 1.807) is 36.4 Å². The van der Waals surface area contributed by atoms with Gasteiger partial charge in [0, 0.05) is 23.8 Å². The molecule has 6 nitrogen and oxygen atoms in total. The SMILES string of the molecule is N#CCc1ccc(NC(=O)C2CCCN(S(=O)(=O)c3ccc(Cl)cc3)C2)cc1. The predicted molar refractivity (Wildman–Crippen MR) is 107 cm³/mol. The third kappa shape index (κ3) is 4.71. The van der Waals surface area contributed by atoms with E-state index < -0.39 is 15.9 Å². The number of nitrogens with one attached hydrogen (secondary N) is 1.